The first kappa shape index (κ1) is 11.8. The summed E-state index contributed by atoms with van der Waals surface area (Å²) in [5, 5.41) is 11.5. The van der Waals surface area contributed by atoms with E-state index in [2.05, 4.69) is 35.7 Å². The van der Waals surface area contributed by atoms with E-state index < -0.39 is 0 Å². The van der Waals surface area contributed by atoms with Crippen LogP contribution in [-0.2, 0) is 27.6 Å². The fourth-order valence-electron chi connectivity index (χ4n) is 0.729. The van der Waals surface area contributed by atoms with Crippen molar-refractivity contribution in [2.45, 2.75) is 26.4 Å². The van der Waals surface area contributed by atoms with Gasteiger partial charge in [-0.15, -0.1) is 12.6 Å². The molecule has 0 aliphatic carbocycles. The molecule has 1 rings (SSSR count). The summed E-state index contributed by atoms with van der Waals surface area (Å²) in [6.45, 7) is 5.77. The van der Waals surface area contributed by atoms with Gasteiger partial charge in [0.1, 0.15) is 0 Å². The van der Waals surface area contributed by atoms with Crippen LogP contribution < -0.4 is 0 Å². The quantitative estimate of drug-likeness (QED) is 0.766. The number of hydrogen-bond acceptors (Lipinski definition) is 2. The Morgan fingerprint density at radius 2 is 2.33 bits per heavy atom. The normalized spacial score (nSPS) is 9.92. The summed E-state index contributed by atoms with van der Waals surface area (Å²) in [4.78, 5) is 0. The molecule has 4 nitrogen and oxygen atoms in total. The molecule has 66 valence electrons. The van der Waals surface area contributed by atoms with Gasteiger partial charge in [0.05, 0.1) is 0 Å². The minimum atomic E-state index is 0. The number of aromatic nitrogens is 3. The molecule has 0 bridgehead atoms. The zero-order valence-corrected chi connectivity index (χ0v) is 10.2. The van der Waals surface area contributed by atoms with Crippen molar-refractivity contribution in [1.29, 1.82) is 0 Å². The van der Waals surface area contributed by atoms with Crippen molar-refractivity contribution < 1.29 is 21.1 Å². The van der Waals surface area contributed by atoms with E-state index in [0.717, 1.165) is 13.1 Å². The molecule has 0 aromatic carbocycles. The number of rotatable bonds is 4. The average molecular weight is 336 g/mol. The van der Waals surface area contributed by atoms with Crippen molar-refractivity contribution in [1.82, 2.24) is 14.8 Å². The van der Waals surface area contributed by atoms with Crippen LogP contribution >= 0.6 is 0 Å². The minimum Gasteiger partial charge on any atom is -0.659 e. The van der Waals surface area contributed by atoms with Gasteiger partial charge < -0.3 is 9.88 Å². The Morgan fingerprint density at radius 1 is 1.58 bits per heavy atom. The third-order valence-corrected chi connectivity index (χ3v) is 1.26. The van der Waals surface area contributed by atoms with Crippen LogP contribution in [0.15, 0.2) is 6.33 Å². The van der Waals surface area contributed by atoms with Crippen LogP contribution in [0.25, 0.3) is 5.32 Å². The van der Waals surface area contributed by atoms with Crippen molar-refractivity contribution in [3.8, 4) is 0 Å². The summed E-state index contributed by atoms with van der Waals surface area (Å²) < 4.78 is 1.80. The van der Waals surface area contributed by atoms with Gasteiger partial charge in [0, 0.05) is 0 Å². The predicted molar refractivity (Wildman–Crippen MR) is 42.2 cm³/mol. The molecule has 0 fully saturated rings. The van der Waals surface area contributed by atoms with Gasteiger partial charge in [-0.25, -0.2) is 0 Å². The van der Waals surface area contributed by atoms with Gasteiger partial charge in [-0.3, -0.25) is 10.2 Å². The molecular formula is C7H12N4W. The molecule has 0 aliphatic rings. The first-order valence-electron chi connectivity index (χ1n) is 3.71. The first-order valence-corrected chi connectivity index (χ1v) is 3.71. The molecule has 1 aromatic heterocycles. The zero-order chi connectivity index (χ0) is 8.10. The van der Waals surface area contributed by atoms with E-state index in [0.29, 0.717) is 6.04 Å². The molecular weight excluding hydrogens is 324 g/mol. The van der Waals surface area contributed by atoms with Crippen molar-refractivity contribution >= 4 is 0 Å². The van der Waals surface area contributed by atoms with E-state index in [4.69, 9.17) is 0 Å². The number of nitrogens with zero attached hydrogens (tertiary/aromatic N) is 4. The van der Waals surface area contributed by atoms with E-state index in [1.54, 1.807) is 10.9 Å². The summed E-state index contributed by atoms with van der Waals surface area (Å²) in [6, 6.07) is 0.409. The molecule has 1 aromatic rings. The van der Waals surface area contributed by atoms with E-state index in [-0.39, 0.29) is 21.1 Å². The SMILES string of the molecule is CC(C)[N-]CCn1[c-]nnc1.[W+2]. The summed E-state index contributed by atoms with van der Waals surface area (Å²) in [7, 11) is 0. The van der Waals surface area contributed by atoms with Crippen LogP contribution in [0.3, 0.4) is 0 Å². The van der Waals surface area contributed by atoms with Gasteiger partial charge in [-0.1, -0.05) is 13.8 Å². The fraction of sp³-hybridized carbons (Fsp3) is 0.714. The van der Waals surface area contributed by atoms with Gasteiger partial charge in [-0.2, -0.15) is 0 Å². The van der Waals surface area contributed by atoms with Gasteiger partial charge in [-0.05, 0) is 19.2 Å². The molecule has 12 heavy (non-hydrogen) atoms. The molecule has 0 atom stereocenters. The maximum absolute atomic E-state index is 4.30. The summed E-state index contributed by atoms with van der Waals surface area (Å²) >= 11 is 0. The topological polar surface area (TPSA) is 44.8 Å². The fourth-order valence-corrected chi connectivity index (χ4v) is 0.729. The van der Waals surface area contributed by atoms with Crippen LogP contribution in [0.2, 0.25) is 0 Å². The molecule has 0 saturated heterocycles. The van der Waals surface area contributed by atoms with Crippen molar-refractivity contribution in [3.05, 3.63) is 18.0 Å². The Bertz CT molecular complexity index is 185. The van der Waals surface area contributed by atoms with Crippen LogP contribution in [0.1, 0.15) is 13.8 Å². The van der Waals surface area contributed by atoms with Crippen molar-refractivity contribution in [2.24, 2.45) is 0 Å². The van der Waals surface area contributed by atoms with Gasteiger partial charge >= 0.3 is 21.1 Å². The second-order valence-corrected chi connectivity index (χ2v) is 2.62. The van der Waals surface area contributed by atoms with Crippen molar-refractivity contribution in [3.63, 3.8) is 0 Å². The molecule has 1 heterocycles. The Hall–Kier alpha value is -0.212. The van der Waals surface area contributed by atoms with Gasteiger partial charge in [0.25, 0.3) is 0 Å². The molecule has 0 aliphatic heterocycles. The third kappa shape index (κ3) is 4.62. The van der Waals surface area contributed by atoms with Gasteiger partial charge in [0.2, 0.25) is 0 Å². The molecule has 0 N–H and O–H groups in total. The Kier molecular flexibility index (Phi) is 6.21. The first-order chi connectivity index (χ1) is 5.29. The Balaban J connectivity index is 0.00000121. The van der Waals surface area contributed by atoms with Crippen LogP contribution in [0, 0.1) is 6.33 Å². The molecule has 5 heteroatoms. The maximum Gasteiger partial charge on any atom is 2.00 e. The second kappa shape index (κ2) is 6.32. The third-order valence-electron chi connectivity index (χ3n) is 1.26. The standard InChI is InChI=1S/C7H12N4.W/c1-7(2)8-3-4-11-5-9-10-6-11;/h5,7H,3-4H2,1-2H3;/q-2;+2. The van der Waals surface area contributed by atoms with Gasteiger partial charge in [0.15, 0.2) is 0 Å². The van der Waals surface area contributed by atoms with E-state index in [1.807, 2.05) is 0 Å². The monoisotopic (exact) mass is 336 g/mol. The average Bonchev–Trinajstić information content (AvgIpc) is 2.39. The maximum atomic E-state index is 4.30. The zero-order valence-electron chi connectivity index (χ0n) is 7.27. The second-order valence-electron chi connectivity index (χ2n) is 2.62. The molecule has 0 amide bonds. The molecule has 0 radical (unpaired) electrons. The summed E-state index contributed by atoms with van der Waals surface area (Å²) in [6.07, 6.45) is 4.36. The van der Waals surface area contributed by atoms with E-state index >= 15 is 0 Å². The minimum absolute atomic E-state index is 0. The predicted octanol–water partition coefficient (Wildman–Crippen LogP) is 0.858. The van der Waals surface area contributed by atoms with Crippen LogP contribution in [0.5, 0.6) is 0 Å². The molecule has 0 spiro atoms. The van der Waals surface area contributed by atoms with E-state index in [1.165, 1.54) is 0 Å². The Labute approximate surface area is 87.0 Å². The van der Waals surface area contributed by atoms with Crippen LogP contribution in [-0.4, -0.2) is 27.4 Å². The summed E-state index contributed by atoms with van der Waals surface area (Å²) in [5.41, 5.74) is 0. The largest absolute Gasteiger partial charge is 2.00 e. The summed E-state index contributed by atoms with van der Waals surface area (Å²) in [5.74, 6) is 0. The van der Waals surface area contributed by atoms with E-state index in [9.17, 15) is 0 Å². The molecule has 0 saturated carbocycles. The van der Waals surface area contributed by atoms with Crippen molar-refractivity contribution in [2.75, 3.05) is 6.54 Å². The molecule has 0 unspecified atom stereocenters. The number of hydrogen-bond donors (Lipinski definition) is 0. The van der Waals surface area contributed by atoms with Crippen LogP contribution in [0.4, 0.5) is 0 Å². The Morgan fingerprint density at radius 3 is 2.83 bits per heavy atom. The smallest absolute Gasteiger partial charge is 0.659 e.